The first-order valence-corrected chi connectivity index (χ1v) is 12.4. The highest BCUT2D eigenvalue weighted by Crippen LogP contribution is 2.36. The number of hydrogen-bond acceptors (Lipinski definition) is 5. The first kappa shape index (κ1) is 26.2. The average Bonchev–Trinajstić information content (AvgIpc) is 2.84. The normalized spacial score (nSPS) is 14.5. The van der Waals surface area contributed by atoms with Crippen LogP contribution < -0.4 is 20.3 Å². The van der Waals surface area contributed by atoms with Gasteiger partial charge in [0.15, 0.2) is 6.61 Å². The number of hydrogen-bond donors (Lipinski definition) is 2. The summed E-state index contributed by atoms with van der Waals surface area (Å²) in [6, 6.07) is 14.3. The number of urea groups is 1. The number of para-hydroxylation sites is 1. The van der Waals surface area contributed by atoms with Crippen molar-refractivity contribution in [2.24, 2.45) is 0 Å². The van der Waals surface area contributed by atoms with Crippen LogP contribution in [-0.2, 0) is 14.4 Å². The Morgan fingerprint density at radius 3 is 2.35 bits per heavy atom. The topological polar surface area (TPSA) is 105 Å². The molecule has 1 aliphatic rings. The minimum absolute atomic E-state index is 0.109. The smallest absolute Gasteiger partial charge is 0.335 e. The third kappa shape index (κ3) is 5.95. The van der Waals surface area contributed by atoms with E-state index in [0.29, 0.717) is 25.9 Å². The van der Waals surface area contributed by atoms with Gasteiger partial charge in [-0.15, -0.1) is 0 Å². The van der Waals surface area contributed by atoms with Gasteiger partial charge in [0.25, 0.3) is 17.7 Å². The largest absolute Gasteiger partial charge is 0.481 e. The first-order valence-electron chi connectivity index (χ1n) is 10.8. The summed E-state index contributed by atoms with van der Waals surface area (Å²) in [4.78, 5) is 50.8. The fourth-order valence-corrected chi connectivity index (χ4v) is 4.94. The van der Waals surface area contributed by atoms with Gasteiger partial charge < -0.3 is 10.1 Å². The summed E-state index contributed by atoms with van der Waals surface area (Å²) in [7, 11) is 0. The van der Waals surface area contributed by atoms with Gasteiger partial charge in [-0.2, -0.15) is 0 Å². The van der Waals surface area contributed by atoms with Gasteiger partial charge in [0.05, 0.1) is 14.6 Å². The highest BCUT2D eigenvalue weighted by Gasteiger charge is 2.36. The first-order chi connectivity index (χ1) is 17.6. The van der Waals surface area contributed by atoms with Gasteiger partial charge in [-0.3, -0.25) is 19.7 Å². The van der Waals surface area contributed by atoms with Crippen LogP contribution >= 0.6 is 31.9 Å². The lowest BCUT2D eigenvalue weighted by Gasteiger charge is -2.26. The van der Waals surface area contributed by atoms with Crippen molar-refractivity contribution in [2.75, 3.05) is 16.8 Å². The third-order valence-electron chi connectivity index (χ3n) is 5.28. The number of rotatable bonds is 6. The maximum atomic E-state index is 13.3. The molecule has 0 bridgehead atoms. The summed E-state index contributed by atoms with van der Waals surface area (Å²) in [5, 5.41) is 4.89. The van der Waals surface area contributed by atoms with Crippen LogP contribution in [0.2, 0.25) is 0 Å². The minimum atomic E-state index is -0.936. The second-order valence-corrected chi connectivity index (χ2v) is 9.61. The Balaban J connectivity index is 1.53. The van der Waals surface area contributed by atoms with Crippen molar-refractivity contribution >= 4 is 73.1 Å². The number of carbonyl (C=O) groups is 4. The molecule has 0 atom stereocenters. The second-order valence-electron chi connectivity index (χ2n) is 7.90. The third-order valence-corrected chi connectivity index (χ3v) is 6.46. The van der Waals surface area contributed by atoms with Crippen molar-refractivity contribution in [3.63, 3.8) is 0 Å². The van der Waals surface area contributed by atoms with Crippen LogP contribution in [-0.4, -0.2) is 30.4 Å². The molecule has 1 fully saturated rings. The molecule has 3 aromatic carbocycles. The Morgan fingerprint density at radius 1 is 1.05 bits per heavy atom. The average molecular weight is 631 g/mol. The number of nitrogens with zero attached hydrogens (tertiary/aromatic N) is 1. The second kappa shape index (κ2) is 11.1. The fourth-order valence-electron chi connectivity index (χ4n) is 3.49. The maximum Gasteiger partial charge on any atom is 0.335 e. The minimum Gasteiger partial charge on any atom is -0.481 e. The van der Waals surface area contributed by atoms with Crippen molar-refractivity contribution < 1.29 is 28.3 Å². The number of ether oxygens (including phenoxy) is 1. The molecule has 0 spiro atoms. The quantitative estimate of drug-likeness (QED) is 0.283. The SMILES string of the molecule is Cc1ccccc1NC(=O)COc1c(Br)cc(/C=C2\C(=O)NC(=O)N(c3ccc(F)cc3)C2=O)cc1Br. The van der Waals surface area contributed by atoms with Crippen LogP contribution in [0.3, 0.4) is 0 Å². The molecule has 1 saturated heterocycles. The zero-order valence-corrected chi connectivity index (χ0v) is 22.4. The van der Waals surface area contributed by atoms with E-state index in [-0.39, 0.29) is 23.8 Å². The predicted octanol–water partition coefficient (Wildman–Crippen LogP) is 5.34. The molecular formula is C26H18Br2FN3O5. The molecule has 0 aliphatic carbocycles. The number of imide groups is 2. The Bertz CT molecular complexity index is 1430. The van der Waals surface area contributed by atoms with Gasteiger partial charge in [-0.05, 0) is 98.5 Å². The van der Waals surface area contributed by atoms with Crippen molar-refractivity contribution in [1.29, 1.82) is 0 Å². The van der Waals surface area contributed by atoms with E-state index in [1.165, 1.54) is 18.2 Å². The number of barbiturate groups is 1. The molecule has 8 nitrogen and oxygen atoms in total. The summed E-state index contributed by atoms with van der Waals surface area (Å²) < 4.78 is 19.9. The van der Waals surface area contributed by atoms with Crippen molar-refractivity contribution in [3.05, 3.63) is 92.1 Å². The van der Waals surface area contributed by atoms with E-state index in [4.69, 9.17) is 4.74 Å². The fraction of sp³-hybridized carbons (Fsp3) is 0.0769. The molecule has 0 unspecified atom stereocenters. The monoisotopic (exact) mass is 629 g/mol. The molecule has 5 amide bonds. The molecular weight excluding hydrogens is 613 g/mol. The lowest BCUT2D eigenvalue weighted by molar-refractivity contribution is -0.122. The number of aryl methyl sites for hydroxylation is 1. The van der Waals surface area contributed by atoms with Gasteiger partial charge in [-0.25, -0.2) is 14.1 Å². The molecule has 2 N–H and O–H groups in total. The maximum absolute atomic E-state index is 13.3. The van der Waals surface area contributed by atoms with Gasteiger partial charge >= 0.3 is 6.03 Å². The highest BCUT2D eigenvalue weighted by molar-refractivity contribution is 9.11. The molecule has 0 aromatic heterocycles. The van der Waals surface area contributed by atoms with Crippen LogP contribution in [0.5, 0.6) is 5.75 Å². The van der Waals surface area contributed by atoms with Crippen molar-refractivity contribution in [3.8, 4) is 5.75 Å². The van der Waals surface area contributed by atoms with Crippen LogP contribution in [0.4, 0.5) is 20.6 Å². The molecule has 3 aromatic rings. The van der Waals surface area contributed by atoms with Gasteiger partial charge in [0.1, 0.15) is 17.1 Å². The van der Waals surface area contributed by atoms with Crippen molar-refractivity contribution in [1.82, 2.24) is 5.32 Å². The number of anilines is 2. The van der Waals surface area contributed by atoms with E-state index in [9.17, 15) is 23.6 Å². The van der Waals surface area contributed by atoms with Gasteiger partial charge in [0, 0.05) is 5.69 Å². The van der Waals surface area contributed by atoms with E-state index >= 15 is 0 Å². The Hall–Kier alpha value is -3.83. The lowest BCUT2D eigenvalue weighted by atomic mass is 10.1. The molecule has 0 radical (unpaired) electrons. The van der Waals surface area contributed by atoms with E-state index in [0.717, 1.165) is 22.6 Å². The molecule has 4 rings (SSSR count). The molecule has 1 heterocycles. The zero-order chi connectivity index (χ0) is 26.7. The molecule has 0 saturated carbocycles. The number of halogens is 3. The number of carbonyl (C=O) groups excluding carboxylic acids is 4. The Labute approximate surface area is 227 Å². The van der Waals surface area contributed by atoms with Crippen LogP contribution in [0.1, 0.15) is 11.1 Å². The van der Waals surface area contributed by atoms with E-state index < -0.39 is 23.7 Å². The lowest BCUT2D eigenvalue weighted by Crippen LogP contribution is -2.54. The van der Waals surface area contributed by atoms with E-state index in [1.807, 2.05) is 25.1 Å². The van der Waals surface area contributed by atoms with Crippen LogP contribution in [0.15, 0.2) is 75.2 Å². The van der Waals surface area contributed by atoms with Crippen molar-refractivity contribution in [2.45, 2.75) is 6.92 Å². The number of benzene rings is 3. The van der Waals surface area contributed by atoms with Gasteiger partial charge in [-0.1, -0.05) is 18.2 Å². The standard InChI is InChI=1S/C26H18Br2FN3O5/c1-14-4-2-3-5-21(14)30-22(33)13-37-23-19(27)11-15(12-20(23)28)10-18-24(34)31-26(36)32(25(18)35)17-8-6-16(29)7-9-17/h2-12H,13H2,1H3,(H,30,33)(H,31,34,36)/b18-10+. The Morgan fingerprint density at radius 2 is 1.70 bits per heavy atom. The molecule has 37 heavy (non-hydrogen) atoms. The predicted molar refractivity (Wildman–Crippen MR) is 143 cm³/mol. The highest BCUT2D eigenvalue weighted by atomic mass is 79.9. The number of amides is 5. The van der Waals surface area contributed by atoms with E-state index in [2.05, 4.69) is 42.5 Å². The number of nitrogens with one attached hydrogen (secondary N) is 2. The van der Waals surface area contributed by atoms with E-state index in [1.54, 1.807) is 18.2 Å². The molecule has 11 heteroatoms. The van der Waals surface area contributed by atoms with Crippen LogP contribution in [0.25, 0.3) is 6.08 Å². The van der Waals surface area contributed by atoms with Gasteiger partial charge in [0.2, 0.25) is 0 Å². The van der Waals surface area contributed by atoms with Crippen LogP contribution in [0, 0.1) is 12.7 Å². The molecule has 188 valence electrons. The molecule has 1 aliphatic heterocycles. The Kier molecular flexibility index (Phi) is 7.84. The summed E-state index contributed by atoms with van der Waals surface area (Å²) in [5.74, 6) is -2.28. The zero-order valence-electron chi connectivity index (χ0n) is 19.2. The summed E-state index contributed by atoms with van der Waals surface area (Å²) in [6.07, 6.45) is 1.31. The summed E-state index contributed by atoms with van der Waals surface area (Å²) >= 11 is 6.77. The summed E-state index contributed by atoms with van der Waals surface area (Å²) in [6.45, 7) is 1.62. The summed E-state index contributed by atoms with van der Waals surface area (Å²) in [5.41, 5.74) is 1.84.